The number of carbonyl (C=O) groups is 2. The number of methoxy groups -OCH3 is 1. The van der Waals surface area contributed by atoms with Gasteiger partial charge in [-0.15, -0.1) is 0 Å². The molecule has 47 heavy (non-hydrogen) atoms. The van der Waals surface area contributed by atoms with E-state index in [9.17, 15) is 18.0 Å². The molecule has 0 aliphatic carbocycles. The zero-order valence-electron chi connectivity index (χ0n) is 26.8. The highest BCUT2D eigenvalue weighted by molar-refractivity contribution is 7.92. The van der Waals surface area contributed by atoms with Gasteiger partial charge in [0.05, 0.1) is 17.7 Å². The highest BCUT2D eigenvalue weighted by atomic mass is 35.5. The van der Waals surface area contributed by atoms with Crippen LogP contribution in [-0.2, 0) is 32.6 Å². The lowest BCUT2D eigenvalue weighted by Gasteiger charge is -2.34. The number of nitrogens with zero attached hydrogens (tertiary/aromatic N) is 2. The summed E-state index contributed by atoms with van der Waals surface area (Å²) in [7, 11) is -2.85. The van der Waals surface area contributed by atoms with Crippen LogP contribution in [0.5, 0.6) is 5.75 Å². The Bertz CT molecular complexity index is 1790. The van der Waals surface area contributed by atoms with Gasteiger partial charge in [-0.1, -0.05) is 90.8 Å². The number of hydrogen-bond acceptors (Lipinski definition) is 5. The molecule has 2 amide bonds. The first-order valence-corrected chi connectivity index (χ1v) is 17.4. The van der Waals surface area contributed by atoms with Crippen LogP contribution in [0.4, 0.5) is 5.69 Å². The maximum absolute atomic E-state index is 14.7. The molecular formula is C36H39Cl2N3O5S. The molecule has 0 saturated carbocycles. The highest BCUT2D eigenvalue weighted by Gasteiger charge is 2.36. The summed E-state index contributed by atoms with van der Waals surface area (Å²) in [5, 5.41) is 3.75. The largest absolute Gasteiger partial charge is 0.495 e. The molecule has 4 aromatic rings. The van der Waals surface area contributed by atoms with Gasteiger partial charge >= 0.3 is 0 Å². The minimum absolute atomic E-state index is 0.000922. The predicted octanol–water partition coefficient (Wildman–Crippen LogP) is 7.06. The Balaban J connectivity index is 1.87. The van der Waals surface area contributed by atoms with Crippen LogP contribution in [0.15, 0.2) is 102 Å². The second kappa shape index (κ2) is 16.2. The van der Waals surface area contributed by atoms with Crippen LogP contribution in [0, 0.1) is 6.92 Å². The molecule has 11 heteroatoms. The van der Waals surface area contributed by atoms with Crippen molar-refractivity contribution in [1.29, 1.82) is 0 Å². The number of carbonyl (C=O) groups excluding carboxylic acids is 2. The van der Waals surface area contributed by atoms with Crippen LogP contribution in [0.25, 0.3) is 0 Å². The van der Waals surface area contributed by atoms with Gasteiger partial charge in [-0.25, -0.2) is 8.42 Å². The predicted molar refractivity (Wildman–Crippen MR) is 188 cm³/mol. The third-order valence-corrected chi connectivity index (χ3v) is 10.2. The summed E-state index contributed by atoms with van der Waals surface area (Å²) in [6.45, 7) is 4.96. The SMILES string of the molecule is CC[C@H](C)NC(=O)[C@@H](Cc1ccccc1)N(Cc1ccc(Cl)cc1Cl)C(=O)CN(c1cc(C)ccc1OC)S(=O)(=O)c1ccccc1. The molecule has 0 radical (unpaired) electrons. The molecule has 2 atom stereocenters. The van der Waals surface area contributed by atoms with E-state index in [4.69, 9.17) is 27.9 Å². The van der Waals surface area contributed by atoms with Crippen LogP contribution in [0.3, 0.4) is 0 Å². The molecule has 4 rings (SSSR count). The average molecular weight is 697 g/mol. The fourth-order valence-corrected chi connectivity index (χ4v) is 6.96. The van der Waals surface area contributed by atoms with E-state index in [0.29, 0.717) is 22.0 Å². The summed E-state index contributed by atoms with van der Waals surface area (Å²) in [5.74, 6) is -0.711. The van der Waals surface area contributed by atoms with E-state index in [0.717, 1.165) is 15.4 Å². The minimum atomic E-state index is -4.28. The number of nitrogens with one attached hydrogen (secondary N) is 1. The number of benzene rings is 4. The maximum Gasteiger partial charge on any atom is 0.264 e. The van der Waals surface area contributed by atoms with Gasteiger partial charge in [0.25, 0.3) is 10.0 Å². The second-order valence-electron chi connectivity index (χ2n) is 11.3. The zero-order valence-corrected chi connectivity index (χ0v) is 29.1. The van der Waals surface area contributed by atoms with Gasteiger partial charge in [0.1, 0.15) is 18.3 Å². The molecular weight excluding hydrogens is 657 g/mol. The fraction of sp³-hybridized carbons (Fsp3) is 0.278. The number of sulfonamides is 1. The van der Waals surface area contributed by atoms with Gasteiger partial charge in [0.15, 0.2) is 0 Å². The third-order valence-electron chi connectivity index (χ3n) is 7.84. The van der Waals surface area contributed by atoms with E-state index >= 15 is 0 Å². The number of amides is 2. The highest BCUT2D eigenvalue weighted by Crippen LogP contribution is 2.34. The number of rotatable bonds is 14. The third kappa shape index (κ3) is 9.06. The van der Waals surface area contributed by atoms with Crippen molar-refractivity contribution in [2.24, 2.45) is 0 Å². The zero-order chi connectivity index (χ0) is 34.1. The van der Waals surface area contributed by atoms with Crippen molar-refractivity contribution in [2.75, 3.05) is 18.0 Å². The molecule has 248 valence electrons. The Morgan fingerprint density at radius 2 is 1.57 bits per heavy atom. The van der Waals surface area contributed by atoms with Gasteiger partial charge in [0.2, 0.25) is 11.8 Å². The van der Waals surface area contributed by atoms with E-state index < -0.39 is 28.5 Å². The van der Waals surface area contributed by atoms with Crippen molar-refractivity contribution in [3.63, 3.8) is 0 Å². The van der Waals surface area contributed by atoms with Crippen molar-refractivity contribution < 1.29 is 22.7 Å². The van der Waals surface area contributed by atoms with E-state index in [1.54, 1.807) is 54.6 Å². The molecule has 0 spiro atoms. The molecule has 1 N–H and O–H groups in total. The molecule has 0 heterocycles. The number of anilines is 1. The van der Waals surface area contributed by atoms with Crippen LogP contribution < -0.4 is 14.4 Å². The quantitative estimate of drug-likeness (QED) is 0.152. The summed E-state index contributed by atoms with van der Waals surface area (Å²) >= 11 is 12.8. The lowest BCUT2D eigenvalue weighted by molar-refractivity contribution is -0.140. The van der Waals surface area contributed by atoms with Crippen molar-refractivity contribution in [2.45, 2.75) is 57.1 Å². The monoisotopic (exact) mass is 695 g/mol. The molecule has 0 unspecified atom stereocenters. The van der Waals surface area contributed by atoms with E-state index in [1.165, 1.54) is 24.1 Å². The van der Waals surface area contributed by atoms with Crippen molar-refractivity contribution in [3.05, 3.63) is 124 Å². The summed E-state index contributed by atoms with van der Waals surface area (Å²) in [6.07, 6.45) is 0.857. The summed E-state index contributed by atoms with van der Waals surface area (Å²) in [6, 6.07) is 26.1. The van der Waals surface area contributed by atoms with Gasteiger partial charge in [-0.3, -0.25) is 13.9 Å². The summed E-state index contributed by atoms with van der Waals surface area (Å²) in [4.78, 5) is 30.1. The topological polar surface area (TPSA) is 96.0 Å². The van der Waals surface area contributed by atoms with E-state index in [1.807, 2.05) is 51.1 Å². The van der Waals surface area contributed by atoms with Crippen molar-refractivity contribution >= 4 is 50.7 Å². The van der Waals surface area contributed by atoms with E-state index in [2.05, 4.69) is 5.32 Å². The molecule has 0 bridgehead atoms. The fourth-order valence-electron chi connectivity index (χ4n) is 5.06. The minimum Gasteiger partial charge on any atom is -0.495 e. The van der Waals surface area contributed by atoms with Gasteiger partial charge in [0, 0.05) is 29.1 Å². The standard InChI is InChI=1S/C36H39Cl2N3O5S/c1-5-26(3)39-36(43)33(21-27-12-8-6-9-13-27)40(23-28-17-18-29(37)22-31(28)38)35(42)24-41(32-20-25(2)16-19-34(32)46-4)47(44,45)30-14-10-7-11-15-30/h6-20,22,26,33H,5,21,23-24H2,1-4H3,(H,39,43)/t26-,33+/m0/s1. The van der Waals surface area contributed by atoms with E-state index in [-0.39, 0.29) is 41.2 Å². The molecule has 0 saturated heterocycles. The molecule has 0 aliphatic heterocycles. The van der Waals surface area contributed by atoms with Crippen LogP contribution in [0.2, 0.25) is 10.0 Å². The Labute approximate surface area is 287 Å². The first kappa shape index (κ1) is 35.8. The van der Waals surface area contributed by atoms with Gasteiger partial charge < -0.3 is 15.0 Å². The smallest absolute Gasteiger partial charge is 0.264 e. The Hall–Kier alpha value is -4.05. The first-order chi connectivity index (χ1) is 22.4. The normalized spacial score (nSPS) is 12.6. The summed E-state index contributed by atoms with van der Waals surface area (Å²) < 4.78 is 35.2. The van der Waals surface area contributed by atoms with Gasteiger partial charge in [-0.05, 0) is 73.4 Å². The second-order valence-corrected chi connectivity index (χ2v) is 14.0. The average Bonchev–Trinajstić information content (AvgIpc) is 3.06. The molecule has 4 aromatic carbocycles. The maximum atomic E-state index is 14.7. The number of halogens is 2. The van der Waals surface area contributed by atoms with Crippen LogP contribution >= 0.6 is 23.2 Å². The Kier molecular flexibility index (Phi) is 12.3. The number of hydrogen-bond donors (Lipinski definition) is 1. The van der Waals surface area contributed by atoms with Crippen molar-refractivity contribution in [3.8, 4) is 5.75 Å². The molecule has 0 aromatic heterocycles. The van der Waals surface area contributed by atoms with Crippen LogP contribution in [0.1, 0.15) is 37.0 Å². The Morgan fingerprint density at radius 3 is 2.19 bits per heavy atom. The molecule has 0 fully saturated rings. The summed E-state index contributed by atoms with van der Waals surface area (Å²) in [5.41, 5.74) is 2.33. The number of ether oxygens (including phenoxy) is 1. The first-order valence-electron chi connectivity index (χ1n) is 15.2. The van der Waals surface area contributed by atoms with Gasteiger partial charge in [-0.2, -0.15) is 0 Å². The lowest BCUT2D eigenvalue weighted by Crippen LogP contribution is -2.54. The lowest BCUT2D eigenvalue weighted by atomic mass is 10.0. The van der Waals surface area contributed by atoms with Crippen molar-refractivity contribution in [1.82, 2.24) is 10.2 Å². The number of aryl methyl sites for hydroxylation is 1. The Morgan fingerprint density at radius 1 is 0.915 bits per heavy atom. The molecule has 8 nitrogen and oxygen atoms in total. The molecule has 0 aliphatic rings. The van der Waals surface area contributed by atoms with Crippen LogP contribution in [-0.4, -0.2) is 50.9 Å².